The van der Waals surface area contributed by atoms with E-state index in [0.29, 0.717) is 23.0 Å². The zero-order valence-electron chi connectivity index (χ0n) is 17.9. The SMILES string of the molecule is CC1(C2CCOCC2)NC=C(c2nc(Nc3ccc(C(=O)N4CCC4)nc3)ncc2F)N1. The zero-order chi connectivity index (χ0) is 22.1. The summed E-state index contributed by atoms with van der Waals surface area (Å²) >= 11 is 0. The van der Waals surface area contributed by atoms with Gasteiger partial charge in [-0.1, -0.05) is 0 Å². The highest BCUT2D eigenvalue weighted by Crippen LogP contribution is 2.31. The van der Waals surface area contributed by atoms with Crippen molar-refractivity contribution in [3.8, 4) is 0 Å². The molecule has 32 heavy (non-hydrogen) atoms. The number of likely N-dealkylation sites (tertiary alicyclic amines) is 1. The molecule has 0 radical (unpaired) electrons. The van der Waals surface area contributed by atoms with Gasteiger partial charge in [0.2, 0.25) is 5.95 Å². The number of nitrogens with one attached hydrogen (secondary N) is 3. The zero-order valence-corrected chi connectivity index (χ0v) is 17.9. The summed E-state index contributed by atoms with van der Waals surface area (Å²) in [7, 11) is 0. The molecule has 5 rings (SSSR count). The van der Waals surface area contributed by atoms with Gasteiger partial charge in [-0.05, 0) is 38.3 Å². The fourth-order valence-electron chi connectivity index (χ4n) is 4.22. The van der Waals surface area contributed by atoms with E-state index in [-0.39, 0.29) is 23.2 Å². The topological polar surface area (TPSA) is 104 Å². The number of aromatic nitrogens is 3. The van der Waals surface area contributed by atoms with Gasteiger partial charge in [0.25, 0.3) is 5.91 Å². The van der Waals surface area contributed by atoms with E-state index in [1.165, 1.54) is 0 Å². The second-order valence-electron chi connectivity index (χ2n) is 8.51. The lowest BCUT2D eigenvalue weighted by Crippen LogP contribution is -2.54. The van der Waals surface area contributed by atoms with Crippen molar-refractivity contribution in [2.24, 2.45) is 5.92 Å². The van der Waals surface area contributed by atoms with Crippen LogP contribution in [0.1, 0.15) is 42.4 Å². The fourth-order valence-corrected chi connectivity index (χ4v) is 4.22. The first kappa shape index (κ1) is 20.6. The number of carbonyl (C=O) groups is 1. The summed E-state index contributed by atoms with van der Waals surface area (Å²) in [5, 5.41) is 9.80. The van der Waals surface area contributed by atoms with Crippen LogP contribution in [0.3, 0.4) is 0 Å². The summed E-state index contributed by atoms with van der Waals surface area (Å²) in [6, 6.07) is 3.40. The van der Waals surface area contributed by atoms with Gasteiger partial charge in [-0.15, -0.1) is 0 Å². The Morgan fingerprint density at radius 2 is 2.06 bits per heavy atom. The first-order valence-electron chi connectivity index (χ1n) is 10.9. The minimum atomic E-state index is -0.513. The third-order valence-electron chi connectivity index (χ3n) is 6.33. The quantitative estimate of drug-likeness (QED) is 0.652. The van der Waals surface area contributed by atoms with Gasteiger partial charge >= 0.3 is 0 Å². The summed E-state index contributed by atoms with van der Waals surface area (Å²) in [6.07, 6.45) is 7.36. The molecule has 2 fully saturated rings. The first-order chi connectivity index (χ1) is 15.5. The molecule has 0 saturated carbocycles. The lowest BCUT2D eigenvalue weighted by Gasteiger charge is -2.38. The van der Waals surface area contributed by atoms with E-state index in [4.69, 9.17) is 4.74 Å². The molecular formula is C22H26FN7O2. The maximum Gasteiger partial charge on any atom is 0.272 e. The van der Waals surface area contributed by atoms with Crippen molar-refractivity contribution in [3.05, 3.63) is 47.9 Å². The van der Waals surface area contributed by atoms with E-state index >= 15 is 0 Å². The standard InChI is InChI=1S/C22H26FN7O2/c1-22(14-5-9-32-10-6-14)26-13-18(29-22)19-16(23)12-25-21(28-19)27-15-3-4-17(24-11-15)20(31)30-7-2-8-30/h3-4,11-14,26,29H,2,5-10H2,1H3,(H,25,27,28). The number of anilines is 2. The van der Waals surface area contributed by atoms with Gasteiger partial charge in [0.05, 0.1) is 23.8 Å². The molecule has 1 amide bonds. The molecule has 168 valence electrons. The van der Waals surface area contributed by atoms with Gasteiger partial charge in [0.15, 0.2) is 5.82 Å². The molecule has 5 heterocycles. The molecule has 0 bridgehead atoms. The van der Waals surface area contributed by atoms with Crippen molar-refractivity contribution < 1.29 is 13.9 Å². The highest BCUT2D eigenvalue weighted by Gasteiger charge is 2.39. The van der Waals surface area contributed by atoms with Crippen LogP contribution in [0.2, 0.25) is 0 Å². The van der Waals surface area contributed by atoms with Gasteiger partial charge in [0, 0.05) is 38.4 Å². The van der Waals surface area contributed by atoms with Gasteiger partial charge in [-0.2, -0.15) is 0 Å². The molecule has 2 aromatic heterocycles. The predicted octanol–water partition coefficient (Wildman–Crippen LogP) is 2.23. The third-order valence-corrected chi connectivity index (χ3v) is 6.33. The van der Waals surface area contributed by atoms with Crippen molar-refractivity contribution >= 4 is 23.2 Å². The largest absolute Gasteiger partial charge is 0.381 e. The molecule has 2 aromatic rings. The Hall–Kier alpha value is -3.27. The Bertz CT molecular complexity index is 1040. The smallest absolute Gasteiger partial charge is 0.272 e. The van der Waals surface area contributed by atoms with Crippen molar-refractivity contribution in [1.82, 2.24) is 30.5 Å². The van der Waals surface area contributed by atoms with Crippen LogP contribution in [-0.4, -0.2) is 57.7 Å². The second kappa shape index (κ2) is 8.34. The van der Waals surface area contributed by atoms with Crippen LogP contribution in [-0.2, 0) is 4.74 Å². The summed E-state index contributed by atoms with van der Waals surface area (Å²) in [6.45, 7) is 5.08. The number of ether oxygens (including phenoxy) is 1. The normalized spacial score (nSPS) is 23.1. The highest BCUT2D eigenvalue weighted by atomic mass is 19.1. The van der Waals surface area contributed by atoms with Crippen LogP contribution < -0.4 is 16.0 Å². The average molecular weight is 439 g/mol. The molecular weight excluding hydrogens is 413 g/mol. The average Bonchev–Trinajstić information content (AvgIpc) is 3.18. The Kier molecular flexibility index (Phi) is 5.38. The van der Waals surface area contributed by atoms with Crippen molar-refractivity contribution in [2.75, 3.05) is 31.6 Å². The number of pyridine rings is 1. The monoisotopic (exact) mass is 439 g/mol. The van der Waals surface area contributed by atoms with Gasteiger partial charge in [-0.25, -0.2) is 19.3 Å². The van der Waals surface area contributed by atoms with Crippen LogP contribution in [0.25, 0.3) is 5.70 Å². The van der Waals surface area contributed by atoms with E-state index in [9.17, 15) is 9.18 Å². The number of hydrogen-bond acceptors (Lipinski definition) is 8. The van der Waals surface area contributed by atoms with E-state index in [1.54, 1.807) is 29.4 Å². The third kappa shape index (κ3) is 3.97. The molecule has 1 unspecified atom stereocenters. The molecule has 10 heteroatoms. The second-order valence-corrected chi connectivity index (χ2v) is 8.51. The van der Waals surface area contributed by atoms with Crippen LogP contribution in [0.15, 0.2) is 30.7 Å². The molecule has 0 aromatic carbocycles. The van der Waals surface area contributed by atoms with Crippen LogP contribution in [0, 0.1) is 11.7 Å². The van der Waals surface area contributed by atoms with Crippen molar-refractivity contribution in [3.63, 3.8) is 0 Å². The number of hydrogen-bond donors (Lipinski definition) is 3. The Labute approximate surface area is 185 Å². The summed E-state index contributed by atoms with van der Waals surface area (Å²) in [5.74, 6) is 0.0202. The number of carbonyl (C=O) groups excluding carboxylic acids is 1. The molecule has 3 N–H and O–H groups in total. The molecule has 0 spiro atoms. The van der Waals surface area contributed by atoms with E-state index < -0.39 is 5.82 Å². The molecule has 9 nitrogen and oxygen atoms in total. The number of halogens is 1. The Morgan fingerprint density at radius 3 is 2.75 bits per heavy atom. The van der Waals surface area contributed by atoms with Crippen LogP contribution >= 0.6 is 0 Å². The maximum absolute atomic E-state index is 14.6. The predicted molar refractivity (Wildman–Crippen MR) is 116 cm³/mol. The van der Waals surface area contributed by atoms with Crippen LogP contribution in [0.4, 0.5) is 16.0 Å². The summed E-state index contributed by atoms with van der Waals surface area (Å²) in [5.41, 5.74) is 1.39. The minimum Gasteiger partial charge on any atom is -0.381 e. The molecule has 2 saturated heterocycles. The van der Waals surface area contributed by atoms with Crippen molar-refractivity contribution in [2.45, 2.75) is 31.8 Å². The molecule has 3 aliphatic heterocycles. The summed E-state index contributed by atoms with van der Waals surface area (Å²) < 4.78 is 20.0. The maximum atomic E-state index is 14.6. The lowest BCUT2D eigenvalue weighted by atomic mass is 9.87. The van der Waals surface area contributed by atoms with E-state index in [2.05, 4.69) is 37.8 Å². The van der Waals surface area contributed by atoms with Gasteiger partial charge in [0.1, 0.15) is 17.1 Å². The lowest BCUT2D eigenvalue weighted by molar-refractivity contribution is 0.0336. The highest BCUT2D eigenvalue weighted by molar-refractivity contribution is 5.93. The fraction of sp³-hybridized carbons (Fsp3) is 0.455. The van der Waals surface area contributed by atoms with Crippen LogP contribution in [0.5, 0.6) is 0 Å². The van der Waals surface area contributed by atoms with Crippen molar-refractivity contribution in [1.29, 1.82) is 0 Å². The summed E-state index contributed by atoms with van der Waals surface area (Å²) in [4.78, 5) is 26.7. The van der Waals surface area contributed by atoms with E-state index in [0.717, 1.165) is 51.8 Å². The number of amides is 1. The Balaban J connectivity index is 1.28. The van der Waals surface area contributed by atoms with Gasteiger partial charge in [-0.3, -0.25) is 4.79 Å². The number of rotatable bonds is 5. The minimum absolute atomic E-state index is 0.0672. The molecule has 3 aliphatic rings. The number of nitrogens with zero attached hydrogens (tertiary/aromatic N) is 4. The van der Waals surface area contributed by atoms with Gasteiger partial charge < -0.3 is 25.6 Å². The van der Waals surface area contributed by atoms with E-state index in [1.807, 2.05) is 0 Å². The molecule has 0 aliphatic carbocycles. The Morgan fingerprint density at radius 1 is 1.25 bits per heavy atom. The molecule has 1 atom stereocenters. The first-order valence-corrected chi connectivity index (χ1v) is 10.9.